The van der Waals surface area contributed by atoms with E-state index >= 15 is 0 Å². The minimum absolute atomic E-state index is 0.729. The third kappa shape index (κ3) is 3.62. The first-order valence-corrected chi connectivity index (χ1v) is 4.86. The van der Waals surface area contributed by atoms with E-state index in [0.29, 0.717) is 0 Å². The largest absolute Gasteiger partial charge is 0.376 e. The Bertz CT molecular complexity index is 217. The van der Waals surface area contributed by atoms with E-state index in [1.54, 1.807) is 11.8 Å². The minimum Gasteiger partial charge on any atom is -0.376 e. The van der Waals surface area contributed by atoms with E-state index in [2.05, 4.69) is 18.2 Å². The summed E-state index contributed by atoms with van der Waals surface area (Å²) in [5, 5.41) is 1.00. The van der Waals surface area contributed by atoms with Gasteiger partial charge in [0.1, 0.15) is 0 Å². The molecule has 3 heteroatoms. The van der Waals surface area contributed by atoms with Gasteiger partial charge in [0.15, 0.2) is 0 Å². The summed E-state index contributed by atoms with van der Waals surface area (Å²) in [6, 6.07) is 0. The summed E-state index contributed by atoms with van der Waals surface area (Å²) in [6.45, 7) is 9.63. The van der Waals surface area contributed by atoms with Gasteiger partial charge >= 0.3 is 0 Å². The van der Waals surface area contributed by atoms with E-state index in [9.17, 15) is 0 Å². The lowest BCUT2D eigenvalue weighted by Gasteiger charge is -2.15. The molecule has 0 atom stereocenters. The van der Waals surface area contributed by atoms with Crippen molar-refractivity contribution in [1.82, 2.24) is 4.90 Å². The van der Waals surface area contributed by atoms with Crippen LogP contribution in [0, 0.1) is 0 Å². The Morgan fingerprint density at radius 1 is 1.33 bits per heavy atom. The van der Waals surface area contributed by atoms with Crippen molar-refractivity contribution in [3.05, 3.63) is 24.6 Å². The van der Waals surface area contributed by atoms with Gasteiger partial charge in [0.05, 0.1) is 16.4 Å². The number of thioether (sulfide) groups is 1. The molecule has 0 spiro atoms. The first-order valence-electron chi connectivity index (χ1n) is 3.63. The molecule has 0 bridgehead atoms. The maximum Gasteiger partial charge on any atom is 0.0794 e. The average molecular weight is 184 g/mol. The molecule has 0 rings (SSSR count). The summed E-state index contributed by atoms with van der Waals surface area (Å²) < 4.78 is 0. The maximum absolute atomic E-state index is 4.26. The number of hydrogen-bond donors (Lipinski definition) is 0. The highest BCUT2D eigenvalue weighted by molar-refractivity contribution is 8.13. The highest BCUT2D eigenvalue weighted by atomic mass is 32.2. The highest BCUT2D eigenvalue weighted by Gasteiger charge is 2.00. The van der Waals surface area contributed by atoms with Crippen LogP contribution in [0.3, 0.4) is 0 Å². The molecule has 68 valence electrons. The second-order valence-electron chi connectivity index (χ2n) is 2.62. The Hall–Kier alpha value is -0.700. The van der Waals surface area contributed by atoms with Crippen molar-refractivity contribution < 1.29 is 0 Å². The number of hydrogen-bond acceptors (Lipinski definition) is 3. The average Bonchev–Trinajstić information content (AvgIpc) is 2.02. The van der Waals surface area contributed by atoms with Crippen molar-refractivity contribution >= 4 is 16.8 Å². The molecule has 0 fully saturated rings. The highest BCUT2D eigenvalue weighted by Crippen LogP contribution is 2.11. The van der Waals surface area contributed by atoms with Crippen LogP contribution in [0.25, 0.3) is 0 Å². The summed E-state index contributed by atoms with van der Waals surface area (Å²) in [4.78, 5) is 6.16. The SMILES string of the molecule is C=C(N=C(C)SC)C(=C)N(C)C. The second-order valence-corrected chi connectivity index (χ2v) is 3.62. The predicted octanol–water partition coefficient (Wildman–Crippen LogP) is 2.36. The van der Waals surface area contributed by atoms with Crippen molar-refractivity contribution in [3.8, 4) is 0 Å². The van der Waals surface area contributed by atoms with E-state index in [1.807, 2.05) is 32.2 Å². The lowest BCUT2D eigenvalue weighted by atomic mass is 10.3. The lowest BCUT2D eigenvalue weighted by molar-refractivity contribution is 0.523. The second kappa shape index (κ2) is 5.04. The van der Waals surface area contributed by atoms with Crippen LogP contribution in [0.5, 0.6) is 0 Å². The molecule has 0 aromatic carbocycles. The van der Waals surface area contributed by atoms with E-state index in [0.717, 1.165) is 16.4 Å². The van der Waals surface area contributed by atoms with Gasteiger partial charge in [-0.3, -0.25) is 0 Å². The van der Waals surface area contributed by atoms with Crippen molar-refractivity contribution in [2.75, 3.05) is 20.4 Å². The molecule has 0 aromatic rings. The lowest BCUT2D eigenvalue weighted by Crippen LogP contribution is -2.10. The summed E-state index contributed by atoms with van der Waals surface area (Å²) in [5.41, 5.74) is 1.58. The van der Waals surface area contributed by atoms with Crippen LogP contribution in [0.4, 0.5) is 0 Å². The van der Waals surface area contributed by atoms with Crippen LogP contribution in [0.15, 0.2) is 29.5 Å². The van der Waals surface area contributed by atoms with Crippen LogP contribution >= 0.6 is 11.8 Å². The Morgan fingerprint density at radius 3 is 2.17 bits per heavy atom. The molecular formula is C9H16N2S. The van der Waals surface area contributed by atoms with Gasteiger partial charge < -0.3 is 4.90 Å². The number of rotatable bonds is 3. The van der Waals surface area contributed by atoms with Crippen LogP contribution in [-0.2, 0) is 0 Å². The van der Waals surface area contributed by atoms with Gasteiger partial charge in [0.25, 0.3) is 0 Å². The zero-order chi connectivity index (χ0) is 9.72. The first-order chi connectivity index (χ1) is 5.49. The normalized spacial score (nSPS) is 11.2. The van der Waals surface area contributed by atoms with Gasteiger partial charge in [-0.25, -0.2) is 4.99 Å². The van der Waals surface area contributed by atoms with Gasteiger partial charge in [-0.2, -0.15) is 0 Å². The zero-order valence-electron chi connectivity index (χ0n) is 8.22. The molecule has 0 amide bonds. The smallest absolute Gasteiger partial charge is 0.0794 e. The Morgan fingerprint density at radius 2 is 1.83 bits per heavy atom. The van der Waals surface area contributed by atoms with E-state index in [4.69, 9.17) is 0 Å². The number of aliphatic imine (C=N–C) groups is 1. The molecule has 0 saturated carbocycles. The van der Waals surface area contributed by atoms with Crippen LogP contribution in [0.1, 0.15) is 6.92 Å². The molecule has 2 nitrogen and oxygen atoms in total. The quantitative estimate of drug-likeness (QED) is 0.380. The first kappa shape index (κ1) is 11.3. The van der Waals surface area contributed by atoms with Gasteiger partial charge in [-0.15, -0.1) is 11.8 Å². The van der Waals surface area contributed by atoms with E-state index in [1.165, 1.54) is 0 Å². The third-order valence-corrected chi connectivity index (χ3v) is 2.14. The molecule has 0 N–H and O–H groups in total. The molecular weight excluding hydrogens is 168 g/mol. The Kier molecular flexibility index (Phi) is 4.74. The molecule has 0 unspecified atom stereocenters. The van der Waals surface area contributed by atoms with Crippen molar-refractivity contribution in [2.24, 2.45) is 4.99 Å². The molecule has 0 radical (unpaired) electrons. The van der Waals surface area contributed by atoms with Crippen molar-refractivity contribution in [1.29, 1.82) is 0 Å². The molecule has 0 heterocycles. The summed E-state index contributed by atoms with van der Waals surface area (Å²) in [5.74, 6) is 0. The fraction of sp³-hybridized carbons (Fsp3) is 0.444. The van der Waals surface area contributed by atoms with Gasteiger partial charge in [0.2, 0.25) is 0 Å². The molecule has 0 aromatic heterocycles. The fourth-order valence-electron chi connectivity index (χ4n) is 0.558. The molecule has 0 saturated heterocycles. The summed E-state index contributed by atoms with van der Waals surface area (Å²) in [7, 11) is 3.86. The van der Waals surface area contributed by atoms with Crippen LogP contribution in [0.2, 0.25) is 0 Å². The summed E-state index contributed by atoms with van der Waals surface area (Å²) in [6.07, 6.45) is 1.99. The third-order valence-electron chi connectivity index (χ3n) is 1.46. The molecule has 0 aliphatic carbocycles. The zero-order valence-corrected chi connectivity index (χ0v) is 9.03. The molecule has 12 heavy (non-hydrogen) atoms. The monoisotopic (exact) mass is 184 g/mol. The van der Waals surface area contributed by atoms with Crippen LogP contribution in [-0.4, -0.2) is 30.3 Å². The van der Waals surface area contributed by atoms with Crippen molar-refractivity contribution in [2.45, 2.75) is 6.92 Å². The number of likely N-dealkylation sites (N-methyl/N-ethyl adjacent to an activating group) is 1. The molecule has 0 aliphatic heterocycles. The standard InChI is InChI=1S/C9H16N2S/c1-7(8(2)11(4)5)10-9(3)12-6/h1-2H2,3-6H3. The van der Waals surface area contributed by atoms with Crippen molar-refractivity contribution in [3.63, 3.8) is 0 Å². The van der Waals surface area contributed by atoms with Gasteiger partial charge in [0, 0.05) is 14.1 Å². The maximum atomic E-state index is 4.26. The Labute approximate surface area is 79.1 Å². The minimum atomic E-state index is 0.729. The summed E-state index contributed by atoms with van der Waals surface area (Å²) >= 11 is 1.61. The predicted molar refractivity (Wildman–Crippen MR) is 58.6 cm³/mol. The van der Waals surface area contributed by atoms with Gasteiger partial charge in [-0.1, -0.05) is 13.2 Å². The number of nitrogens with zero attached hydrogens (tertiary/aromatic N) is 2. The van der Waals surface area contributed by atoms with Gasteiger partial charge in [-0.05, 0) is 13.2 Å². The fourth-order valence-corrected chi connectivity index (χ4v) is 0.760. The van der Waals surface area contributed by atoms with E-state index in [-0.39, 0.29) is 0 Å². The van der Waals surface area contributed by atoms with E-state index < -0.39 is 0 Å². The van der Waals surface area contributed by atoms with Crippen LogP contribution < -0.4 is 0 Å². The Balaban J connectivity index is 4.33. The topological polar surface area (TPSA) is 15.6 Å². The molecule has 0 aliphatic rings.